The summed E-state index contributed by atoms with van der Waals surface area (Å²) in [6.07, 6.45) is 9.66. The Balaban J connectivity index is 0.000000310. The fourth-order valence-electron chi connectivity index (χ4n) is 10.7. The molecule has 4 N–H and O–H groups in total. The minimum atomic E-state index is -0.866. The molecule has 11 heteroatoms. The van der Waals surface area contributed by atoms with Gasteiger partial charge in [-0.05, 0) is 111 Å². The Morgan fingerprint density at radius 1 is 0.940 bits per heavy atom. The molecule has 0 radical (unpaired) electrons. The zero-order valence-corrected chi connectivity index (χ0v) is 32.3. The third-order valence-corrected chi connectivity index (χ3v) is 14.5. The van der Waals surface area contributed by atoms with Crippen LogP contribution in [0.25, 0.3) is 11.8 Å². The van der Waals surface area contributed by atoms with Gasteiger partial charge in [0, 0.05) is 37.1 Å². The van der Waals surface area contributed by atoms with E-state index in [2.05, 4.69) is 108 Å². The van der Waals surface area contributed by atoms with Crippen molar-refractivity contribution in [1.82, 2.24) is 9.78 Å². The number of rotatable bonds is 2. The van der Waals surface area contributed by atoms with Crippen LogP contribution >= 0.6 is 31.9 Å². The average molecular weight is 813 g/mol. The molecular weight excluding hydrogens is 764 g/mol. The SMILES string of the molecule is C=C.C[C@]12[C@@H](O)C[C@@]3(C)[C@@H](CC[C@@]34OCOC43COCO3)[C@@H]1CCC1=Cc3nn(-c4ccc(Br)cc4)cc3C[C@@]12C.NNc1ccc(Br)cc1. The van der Waals surface area contributed by atoms with Crippen LogP contribution in [0, 0.1) is 28.1 Å². The molecule has 50 heavy (non-hydrogen) atoms. The third kappa shape index (κ3) is 5.17. The Morgan fingerprint density at radius 3 is 2.28 bits per heavy atom. The lowest BCUT2D eigenvalue weighted by atomic mass is 9.39. The monoisotopic (exact) mass is 810 g/mol. The number of nitrogens with two attached hydrogens (primary N) is 1. The fourth-order valence-corrected chi connectivity index (χ4v) is 11.3. The average Bonchev–Trinajstić information content (AvgIpc) is 3.91. The van der Waals surface area contributed by atoms with Gasteiger partial charge in [-0.15, -0.1) is 13.2 Å². The van der Waals surface area contributed by atoms with Crippen molar-refractivity contribution in [3.8, 4) is 5.69 Å². The molecule has 4 aliphatic carbocycles. The summed E-state index contributed by atoms with van der Waals surface area (Å²) in [6.45, 7) is 14.0. The summed E-state index contributed by atoms with van der Waals surface area (Å²) < 4.78 is 28.7. The number of nitrogens with zero attached hydrogens (tertiary/aromatic N) is 2. The van der Waals surface area contributed by atoms with E-state index >= 15 is 0 Å². The molecule has 1 aromatic heterocycles. The Morgan fingerprint density at radius 2 is 1.62 bits per heavy atom. The molecule has 3 saturated carbocycles. The number of aliphatic hydroxyl groups excluding tert-OH is 1. The van der Waals surface area contributed by atoms with Gasteiger partial charge in [0.2, 0.25) is 5.79 Å². The van der Waals surface area contributed by atoms with Crippen LogP contribution in [0.1, 0.15) is 64.1 Å². The van der Waals surface area contributed by atoms with Crippen LogP contribution in [0.5, 0.6) is 0 Å². The number of anilines is 1. The first-order valence-corrected chi connectivity index (χ1v) is 19.0. The molecule has 6 aliphatic rings. The Labute approximate surface area is 311 Å². The van der Waals surface area contributed by atoms with Crippen molar-refractivity contribution in [1.29, 1.82) is 0 Å². The minimum Gasteiger partial charge on any atom is -0.392 e. The standard InChI is InChI=1S/C31H37BrN2O5.C6H7BrN2.C2H4/c1-27-13-19-15-34(22-7-5-21(32)6-8-22)33-25(19)12-20(27)4-9-24-23-10-11-30(28(23,2)14-26(35)29(24,27)3)31(39-18-37-30)16-36-17-38-31;7-5-1-3-6(9-8)4-2-5;1-2/h5-8,12,15,23-24,26,35H,4,9-11,13-14,16-18H2,1-3H3;1-4,9H,8H2;1-2H2/t23-,24-,26-,27-,28-,29+,30+,31?;;/m0../s1. The van der Waals surface area contributed by atoms with Crippen molar-refractivity contribution in [3.63, 3.8) is 0 Å². The molecule has 0 bridgehead atoms. The first kappa shape index (κ1) is 36.0. The molecular formula is C39H48Br2N4O5. The number of fused-ring (bicyclic) bond motifs is 8. The maximum atomic E-state index is 12.3. The quantitative estimate of drug-likeness (QED) is 0.135. The number of aromatic nitrogens is 2. The molecule has 2 spiro atoms. The van der Waals surface area contributed by atoms with Crippen LogP contribution in [0.4, 0.5) is 5.69 Å². The number of allylic oxidation sites excluding steroid dienone is 1. The summed E-state index contributed by atoms with van der Waals surface area (Å²) in [4.78, 5) is 0. The lowest BCUT2D eigenvalue weighted by Crippen LogP contribution is -2.69. The molecule has 8 atom stereocenters. The highest BCUT2D eigenvalue weighted by Gasteiger charge is 2.78. The third-order valence-electron chi connectivity index (χ3n) is 13.4. The number of hydrogen-bond donors (Lipinski definition) is 3. The Bertz CT molecular complexity index is 1740. The molecule has 0 amide bonds. The largest absolute Gasteiger partial charge is 0.392 e. The first-order chi connectivity index (χ1) is 24.0. The number of hydrogen-bond acceptors (Lipinski definition) is 8. The van der Waals surface area contributed by atoms with Crippen molar-refractivity contribution in [2.75, 3.05) is 25.6 Å². The van der Waals surface area contributed by atoms with Gasteiger partial charge in [-0.2, -0.15) is 5.10 Å². The number of halogens is 2. The van der Waals surface area contributed by atoms with Crippen molar-refractivity contribution in [3.05, 3.63) is 93.7 Å². The van der Waals surface area contributed by atoms with Gasteiger partial charge in [0.25, 0.3) is 0 Å². The van der Waals surface area contributed by atoms with Crippen LogP contribution in [0.2, 0.25) is 0 Å². The normalized spacial score (nSPS) is 37.7. The summed E-state index contributed by atoms with van der Waals surface area (Å²) in [6, 6.07) is 15.9. The van der Waals surface area contributed by atoms with Crippen LogP contribution in [0.3, 0.4) is 0 Å². The predicted octanol–water partition coefficient (Wildman–Crippen LogP) is 8.16. The Hall–Kier alpha value is -2.35. The summed E-state index contributed by atoms with van der Waals surface area (Å²) in [7, 11) is 0. The maximum Gasteiger partial charge on any atom is 0.226 e. The van der Waals surface area contributed by atoms with E-state index in [1.54, 1.807) is 0 Å². The van der Waals surface area contributed by atoms with Crippen molar-refractivity contribution >= 4 is 43.6 Å². The number of hydrazine groups is 1. The number of aliphatic hydroxyl groups is 1. The van der Waals surface area contributed by atoms with Crippen LogP contribution in [0.15, 0.2) is 82.4 Å². The number of ether oxygens (including phenoxy) is 4. The van der Waals surface area contributed by atoms with E-state index in [4.69, 9.17) is 29.9 Å². The number of nitrogens with one attached hydrogen (secondary N) is 1. The zero-order valence-electron chi connectivity index (χ0n) is 29.1. The Kier molecular flexibility index (Phi) is 9.55. The molecule has 9 rings (SSSR count). The molecule has 9 nitrogen and oxygen atoms in total. The summed E-state index contributed by atoms with van der Waals surface area (Å²) in [5.41, 5.74) is 7.01. The molecule has 1 unspecified atom stereocenters. The second kappa shape index (κ2) is 13.3. The van der Waals surface area contributed by atoms with Gasteiger partial charge in [0.1, 0.15) is 12.2 Å². The highest BCUT2D eigenvalue weighted by atomic mass is 79.9. The highest BCUT2D eigenvalue weighted by molar-refractivity contribution is 9.10. The van der Waals surface area contributed by atoms with Gasteiger partial charge in [-0.25, -0.2) is 4.68 Å². The fraction of sp³-hybridized carbons (Fsp3) is 0.513. The minimum absolute atomic E-state index is 0.148. The lowest BCUT2D eigenvalue weighted by molar-refractivity contribution is -0.268. The van der Waals surface area contributed by atoms with E-state index in [1.807, 2.05) is 28.9 Å². The molecule has 2 saturated heterocycles. The van der Waals surface area contributed by atoms with E-state index in [9.17, 15) is 5.11 Å². The van der Waals surface area contributed by atoms with Crippen molar-refractivity contribution in [2.24, 2.45) is 33.9 Å². The van der Waals surface area contributed by atoms with Crippen LogP contribution < -0.4 is 11.3 Å². The first-order valence-electron chi connectivity index (χ1n) is 17.4. The van der Waals surface area contributed by atoms with E-state index in [0.717, 1.165) is 58.1 Å². The van der Waals surface area contributed by atoms with E-state index in [-0.39, 0.29) is 29.8 Å². The lowest BCUT2D eigenvalue weighted by Gasteiger charge is -2.67. The highest BCUT2D eigenvalue weighted by Crippen LogP contribution is 2.75. The summed E-state index contributed by atoms with van der Waals surface area (Å²) in [5.74, 6) is 5.06. The second-order valence-corrected chi connectivity index (χ2v) is 16.9. The van der Waals surface area contributed by atoms with Crippen molar-refractivity contribution < 1.29 is 24.1 Å². The van der Waals surface area contributed by atoms with Gasteiger partial charge in [0.15, 0.2) is 13.6 Å². The zero-order chi connectivity index (χ0) is 35.5. The second-order valence-electron chi connectivity index (χ2n) is 15.1. The predicted molar refractivity (Wildman–Crippen MR) is 201 cm³/mol. The molecule has 2 aliphatic heterocycles. The summed E-state index contributed by atoms with van der Waals surface area (Å²) in [5, 5.41) is 17.3. The summed E-state index contributed by atoms with van der Waals surface area (Å²) >= 11 is 6.84. The smallest absolute Gasteiger partial charge is 0.226 e. The van der Waals surface area contributed by atoms with E-state index in [1.165, 1.54) is 11.1 Å². The molecule has 2 aromatic carbocycles. The number of benzene rings is 2. The van der Waals surface area contributed by atoms with E-state index in [0.29, 0.717) is 24.9 Å². The maximum absolute atomic E-state index is 12.3. The van der Waals surface area contributed by atoms with Gasteiger partial charge < -0.3 is 29.5 Å². The van der Waals surface area contributed by atoms with Crippen molar-refractivity contribution in [2.45, 2.75) is 76.8 Å². The van der Waals surface area contributed by atoms with Gasteiger partial charge in [-0.3, -0.25) is 5.84 Å². The van der Waals surface area contributed by atoms with Gasteiger partial charge >= 0.3 is 0 Å². The number of nitrogen functional groups attached to an aromatic ring is 1. The molecule has 268 valence electrons. The molecule has 5 fully saturated rings. The van der Waals surface area contributed by atoms with Crippen LogP contribution in [-0.2, 0) is 25.4 Å². The van der Waals surface area contributed by atoms with Gasteiger partial charge in [-0.1, -0.05) is 58.2 Å². The molecule has 3 heterocycles. The van der Waals surface area contributed by atoms with E-state index < -0.39 is 17.5 Å². The molecule has 3 aromatic rings. The topological polar surface area (TPSA) is 113 Å². The van der Waals surface area contributed by atoms with Crippen LogP contribution in [-0.4, -0.2) is 52.6 Å². The van der Waals surface area contributed by atoms with Gasteiger partial charge in [0.05, 0.1) is 17.5 Å².